The van der Waals surface area contributed by atoms with Gasteiger partial charge < -0.3 is 10.1 Å². The fraction of sp³-hybridized carbons (Fsp3) is 0.429. The third-order valence-corrected chi connectivity index (χ3v) is 4.20. The van der Waals surface area contributed by atoms with Gasteiger partial charge in [-0.15, -0.1) is 11.3 Å². The number of nitrogens with zero attached hydrogens (tertiary/aromatic N) is 3. The molecular formula is C14H18N4O2S. The molecule has 0 amide bonds. The predicted molar refractivity (Wildman–Crippen MR) is 81.6 cm³/mol. The third kappa shape index (κ3) is 3.75. The number of nitrogens with one attached hydrogen (secondary N) is 1. The van der Waals surface area contributed by atoms with Crippen molar-refractivity contribution in [2.24, 2.45) is 0 Å². The number of methoxy groups -OCH3 is 1. The highest BCUT2D eigenvalue weighted by atomic mass is 32.1. The molecular weight excluding hydrogens is 288 g/mol. The second kappa shape index (κ2) is 6.62. The highest BCUT2D eigenvalue weighted by Crippen LogP contribution is 2.23. The molecule has 2 aromatic rings. The molecule has 0 aliphatic rings. The summed E-state index contributed by atoms with van der Waals surface area (Å²) in [6, 6.07) is 1.80. The first-order valence-corrected chi connectivity index (χ1v) is 7.50. The predicted octanol–water partition coefficient (Wildman–Crippen LogP) is 2.76. The van der Waals surface area contributed by atoms with E-state index in [9.17, 15) is 4.79 Å². The maximum absolute atomic E-state index is 11.5. The van der Waals surface area contributed by atoms with E-state index < -0.39 is 5.97 Å². The van der Waals surface area contributed by atoms with Gasteiger partial charge in [-0.3, -0.25) is 0 Å². The largest absolute Gasteiger partial charge is 0.463 e. The van der Waals surface area contributed by atoms with Crippen LogP contribution in [0.15, 0.2) is 12.3 Å². The number of hydrogen-bond donors (Lipinski definition) is 1. The van der Waals surface area contributed by atoms with Crippen molar-refractivity contribution in [3.05, 3.63) is 33.7 Å². The van der Waals surface area contributed by atoms with E-state index in [1.54, 1.807) is 17.4 Å². The van der Waals surface area contributed by atoms with E-state index in [1.165, 1.54) is 12.0 Å². The number of hydrogen-bond acceptors (Lipinski definition) is 7. The van der Waals surface area contributed by atoms with Crippen molar-refractivity contribution in [3.8, 4) is 0 Å². The lowest BCUT2D eigenvalue weighted by molar-refractivity contribution is 0.0586. The smallest absolute Gasteiger partial charge is 0.376 e. The van der Waals surface area contributed by atoms with Crippen molar-refractivity contribution in [2.45, 2.75) is 33.2 Å². The first-order chi connectivity index (χ1) is 10.0. The molecule has 6 nitrogen and oxygen atoms in total. The molecule has 1 unspecified atom stereocenters. The van der Waals surface area contributed by atoms with E-state index in [-0.39, 0.29) is 11.9 Å². The molecule has 0 spiro atoms. The van der Waals surface area contributed by atoms with Crippen LogP contribution in [0.1, 0.15) is 46.1 Å². The van der Waals surface area contributed by atoms with Crippen molar-refractivity contribution in [1.29, 1.82) is 0 Å². The van der Waals surface area contributed by atoms with Gasteiger partial charge in [0.15, 0.2) is 0 Å². The van der Waals surface area contributed by atoms with Crippen LogP contribution in [0.2, 0.25) is 0 Å². The van der Waals surface area contributed by atoms with Crippen LogP contribution in [0.4, 0.5) is 5.82 Å². The Morgan fingerprint density at radius 2 is 2.24 bits per heavy atom. The van der Waals surface area contributed by atoms with E-state index in [4.69, 9.17) is 0 Å². The second-order valence-electron chi connectivity index (χ2n) is 4.59. The van der Waals surface area contributed by atoms with Gasteiger partial charge in [-0.05, 0) is 20.3 Å². The molecule has 0 radical (unpaired) electrons. The zero-order chi connectivity index (χ0) is 15.4. The fourth-order valence-electron chi connectivity index (χ4n) is 1.79. The molecule has 1 atom stereocenters. The van der Waals surface area contributed by atoms with Crippen molar-refractivity contribution in [2.75, 3.05) is 12.4 Å². The van der Waals surface area contributed by atoms with Crippen molar-refractivity contribution in [3.63, 3.8) is 0 Å². The van der Waals surface area contributed by atoms with Gasteiger partial charge in [0, 0.05) is 22.8 Å². The van der Waals surface area contributed by atoms with E-state index in [0.717, 1.165) is 11.4 Å². The molecule has 0 aromatic carbocycles. The van der Waals surface area contributed by atoms with E-state index in [2.05, 4.69) is 31.9 Å². The SMILES string of the molecule is CCc1cnc(C(C)Nc2cc(C)nc(C(=O)OC)n2)s1. The van der Waals surface area contributed by atoms with Crippen molar-refractivity contribution in [1.82, 2.24) is 15.0 Å². The van der Waals surface area contributed by atoms with E-state index in [1.807, 2.05) is 20.0 Å². The molecule has 21 heavy (non-hydrogen) atoms. The number of anilines is 1. The molecule has 7 heteroatoms. The first-order valence-electron chi connectivity index (χ1n) is 6.68. The molecule has 2 aromatic heterocycles. The van der Waals surface area contributed by atoms with Crippen molar-refractivity contribution < 1.29 is 9.53 Å². The summed E-state index contributed by atoms with van der Waals surface area (Å²) in [7, 11) is 1.31. The third-order valence-electron chi connectivity index (χ3n) is 2.88. The number of carbonyl (C=O) groups is 1. The van der Waals surface area contributed by atoms with E-state index >= 15 is 0 Å². The monoisotopic (exact) mass is 306 g/mol. The minimum Gasteiger partial charge on any atom is -0.463 e. The molecule has 112 valence electrons. The summed E-state index contributed by atoms with van der Waals surface area (Å²) >= 11 is 1.67. The summed E-state index contributed by atoms with van der Waals surface area (Å²) in [5, 5.41) is 4.23. The number of rotatable bonds is 5. The molecule has 0 fully saturated rings. The quantitative estimate of drug-likeness (QED) is 0.856. The van der Waals surface area contributed by atoms with Gasteiger partial charge in [-0.25, -0.2) is 19.7 Å². The molecule has 0 saturated heterocycles. The number of carbonyl (C=O) groups excluding carboxylic acids is 1. The molecule has 0 aliphatic heterocycles. The molecule has 0 aliphatic carbocycles. The Kier molecular flexibility index (Phi) is 4.85. The molecule has 0 saturated carbocycles. The van der Waals surface area contributed by atoms with Gasteiger partial charge in [0.2, 0.25) is 5.82 Å². The summed E-state index contributed by atoms with van der Waals surface area (Å²) in [4.78, 5) is 25.4. The zero-order valence-electron chi connectivity index (χ0n) is 12.5. The van der Waals surface area contributed by atoms with Gasteiger partial charge in [-0.2, -0.15) is 0 Å². The Labute approximate surface area is 127 Å². The van der Waals surface area contributed by atoms with Crippen LogP contribution in [-0.4, -0.2) is 28.0 Å². The number of thiazole rings is 1. The van der Waals surface area contributed by atoms with Gasteiger partial charge in [0.1, 0.15) is 10.8 Å². The average molecular weight is 306 g/mol. The van der Waals surface area contributed by atoms with Gasteiger partial charge in [-0.1, -0.05) is 6.92 Å². The maximum Gasteiger partial charge on any atom is 0.376 e. The second-order valence-corrected chi connectivity index (χ2v) is 5.74. The lowest BCUT2D eigenvalue weighted by Gasteiger charge is -2.12. The topological polar surface area (TPSA) is 77.0 Å². The van der Waals surface area contributed by atoms with Crippen LogP contribution in [0.3, 0.4) is 0 Å². The summed E-state index contributed by atoms with van der Waals surface area (Å²) in [5.41, 5.74) is 0.702. The lowest BCUT2D eigenvalue weighted by Crippen LogP contribution is -2.13. The minimum atomic E-state index is -0.545. The Morgan fingerprint density at radius 3 is 2.86 bits per heavy atom. The number of aryl methyl sites for hydroxylation is 2. The van der Waals surface area contributed by atoms with Crippen LogP contribution in [-0.2, 0) is 11.2 Å². The zero-order valence-corrected chi connectivity index (χ0v) is 13.3. The van der Waals surface area contributed by atoms with Crippen LogP contribution in [0, 0.1) is 6.92 Å². The van der Waals surface area contributed by atoms with Crippen LogP contribution < -0.4 is 5.32 Å². The van der Waals surface area contributed by atoms with Crippen LogP contribution >= 0.6 is 11.3 Å². The molecule has 0 bridgehead atoms. The van der Waals surface area contributed by atoms with Gasteiger partial charge >= 0.3 is 5.97 Å². The van der Waals surface area contributed by atoms with Crippen molar-refractivity contribution >= 4 is 23.1 Å². The lowest BCUT2D eigenvalue weighted by atomic mass is 10.3. The Morgan fingerprint density at radius 1 is 1.48 bits per heavy atom. The Hall–Kier alpha value is -2.02. The van der Waals surface area contributed by atoms with E-state index in [0.29, 0.717) is 11.5 Å². The molecule has 2 rings (SSSR count). The minimum absolute atomic E-state index is 0.00935. The average Bonchev–Trinajstić information content (AvgIpc) is 2.94. The maximum atomic E-state index is 11.5. The summed E-state index contributed by atoms with van der Waals surface area (Å²) in [6.45, 7) is 5.92. The summed E-state index contributed by atoms with van der Waals surface area (Å²) in [6.07, 6.45) is 2.87. The van der Waals surface area contributed by atoms with Gasteiger partial charge in [0.05, 0.1) is 13.2 Å². The fourth-order valence-corrected chi connectivity index (χ4v) is 2.65. The summed E-state index contributed by atoms with van der Waals surface area (Å²) in [5.74, 6) is 0.0983. The molecule has 1 N–H and O–H groups in total. The normalized spacial score (nSPS) is 12.0. The van der Waals surface area contributed by atoms with Gasteiger partial charge in [0.25, 0.3) is 0 Å². The number of esters is 1. The Bertz CT molecular complexity index is 642. The highest BCUT2D eigenvalue weighted by Gasteiger charge is 2.14. The molecule has 2 heterocycles. The summed E-state index contributed by atoms with van der Waals surface area (Å²) < 4.78 is 4.65. The standard InChI is InChI=1S/C14H18N4O2S/c1-5-10-7-15-13(21-10)9(3)17-11-6-8(2)16-12(18-11)14(19)20-4/h6-7,9H,5H2,1-4H3,(H,16,17,18). The highest BCUT2D eigenvalue weighted by molar-refractivity contribution is 7.11. The van der Waals surface area contributed by atoms with Crippen LogP contribution in [0.25, 0.3) is 0 Å². The number of aromatic nitrogens is 3. The first kappa shape index (κ1) is 15.4. The Balaban J connectivity index is 2.18. The van der Waals surface area contributed by atoms with Crippen LogP contribution in [0.5, 0.6) is 0 Å². The number of ether oxygens (including phenoxy) is 1.